The van der Waals surface area contributed by atoms with Crippen molar-refractivity contribution in [2.24, 2.45) is 0 Å². The van der Waals surface area contributed by atoms with Gasteiger partial charge in [0.05, 0.1) is 6.10 Å². The van der Waals surface area contributed by atoms with E-state index in [4.69, 9.17) is 0 Å². The Hall–Kier alpha value is -1.85. The fourth-order valence-electron chi connectivity index (χ4n) is 1.77. The summed E-state index contributed by atoms with van der Waals surface area (Å²) in [5.41, 5.74) is 1.99. The lowest BCUT2D eigenvalue weighted by molar-refractivity contribution is 0.0916. The largest absolute Gasteiger partial charge is 0.508 e. The van der Waals surface area contributed by atoms with Gasteiger partial charge in [-0.3, -0.25) is 4.79 Å². The van der Waals surface area contributed by atoms with Gasteiger partial charge in [0.1, 0.15) is 5.75 Å². The van der Waals surface area contributed by atoms with Gasteiger partial charge in [0, 0.05) is 12.1 Å². The normalized spacial score (nSPS) is 12.1. The summed E-state index contributed by atoms with van der Waals surface area (Å²) in [6.45, 7) is 1.92. The molecule has 0 saturated heterocycles. The molecule has 0 fully saturated rings. The molecule has 1 atom stereocenters. The molecule has 0 aliphatic carbocycles. The zero-order valence-electron chi connectivity index (χ0n) is 10.5. The van der Waals surface area contributed by atoms with Gasteiger partial charge in [-0.25, -0.2) is 0 Å². The molecule has 0 aliphatic heterocycles. The van der Waals surface area contributed by atoms with E-state index in [0.717, 1.165) is 5.56 Å². The molecule has 4 nitrogen and oxygen atoms in total. The van der Waals surface area contributed by atoms with Gasteiger partial charge in [-0.2, -0.15) is 11.3 Å². The first-order valence-corrected chi connectivity index (χ1v) is 6.80. The van der Waals surface area contributed by atoms with Gasteiger partial charge in [0.25, 0.3) is 5.91 Å². The first-order valence-electron chi connectivity index (χ1n) is 5.86. The van der Waals surface area contributed by atoms with Crippen LogP contribution in [-0.4, -0.2) is 22.7 Å². The van der Waals surface area contributed by atoms with E-state index in [1.807, 2.05) is 16.8 Å². The fourth-order valence-corrected chi connectivity index (χ4v) is 2.48. The molecular weight excluding hydrogens is 262 g/mol. The number of aryl methyl sites for hydroxylation is 1. The van der Waals surface area contributed by atoms with Gasteiger partial charge in [0.15, 0.2) is 0 Å². The molecule has 1 aromatic heterocycles. The number of aliphatic hydroxyl groups excluding tert-OH is 1. The minimum atomic E-state index is -0.701. The van der Waals surface area contributed by atoms with Gasteiger partial charge in [-0.1, -0.05) is 0 Å². The second-order valence-electron chi connectivity index (χ2n) is 4.28. The zero-order chi connectivity index (χ0) is 13.8. The van der Waals surface area contributed by atoms with Crippen LogP contribution >= 0.6 is 11.3 Å². The molecule has 1 heterocycles. The predicted molar refractivity (Wildman–Crippen MR) is 74.5 cm³/mol. The highest BCUT2D eigenvalue weighted by Gasteiger charge is 2.12. The van der Waals surface area contributed by atoms with Crippen molar-refractivity contribution >= 4 is 17.2 Å². The Kier molecular flexibility index (Phi) is 4.19. The molecule has 2 aromatic rings. The highest BCUT2D eigenvalue weighted by molar-refractivity contribution is 7.07. The first kappa shape index (κ1) is 13.6. The van der Waals surface area contributed by atoms with Crippen molar-refractivity contribution in [2.75, 3.05) is 6.54 Å². The van der Waals surface area contributed by atoms with Gasteiger partial charge in [-0.05, 0) is 53.1 Å². The van der Waals surface area contributed by atoms with Crippen LogP contribution in [0.25, 0.3) is 0 Å². The van der Waals surface area contributed by atoms with Crippen molar-refractivity contribution < 1.29 is 15.0 Å². The number of aromatic hydroxyl groups is 1. The van der Waals surface area contributed by atoms with Crippen LogP contribution in [0.2, 0.25) is 0 Å². The van der Waals surface area contributed by atoms with Crippen LogP contribution in [0.5, 0.6) is 5.75 Å². The van der Waals surface area contributed by atoms with Crippen LogP contribution in [0, 0.1) is 6.92 Å². The van der Waals surface area contributed by atoms with Crippen molar-refractivity contribution in [3.63, 3.8) is 0 Å². The summed E-state index contributed by atoms with van der Waals surface area (Å²) in [6, 6.07) is 6.39. The molecule has 2 rings (SSSR count). The molecule has 5 heteroatoms. The quantitative estimate of drug-likeness (QED) is 0.802. The van der Waals surface area contributed by atoms with Crippen LogP contribution in [0.4, 0.5) is 0 Å². The molecule has 3 N–H and O–H groups in total. The minimum absolute atomic E-state index is 0.132. The number of nitrogens with one attached hydrogen (secondary N) is 1. The van der Waals surface area contributed by atoms with E-state index < -0.39 is 6.10 Å². The van der Waals surface area contributed by atoms with E-state index in [1.165, 1.54) is 23.5 Å². The Balaban J connectivity index is 1.98. The number of thiophene rings is 1. The number of benzene rings is 1. The molecular formula is C14H15NO3S. The van der Waals surface area contributed by atoms with Crippen LogP contribution in [0.1, 0.15) is 27.6 Å². The molecule has 0 spiro atoms. The topological polar surface area (TPSA) is 69.6 Å². The van der Waals surface area contributed by atoms with Crippen molar-refractivity contribution in [3.8, 4) is 5.75 Å². The molecule has 19 heavy (non-hydrogen) atoms. The number of hydrogen-bond acceptors (Lipinski definition) is 4. The molecule has 1 amide bonds. The average Bonchev–Trinajstić information content (AvgIpc) is 2.89. The van der Waals surface area contributed by atoms with Crippen LogP contribution in [-0.2, 0) is 0 Å². The molecule has 0 aliphatic rings. The molecule has 0 radical (unpaired) electrons. The Bertz CT molecular complexity index is 566. The lowest BCUT2D eigenvalue weighted by Gasteiger charge is -2.11. The number of amides is 1. The summed E-state index contributed by atoms with van der Waals surface area (Å²) in [6.07, 6.45) is -0.701. The Morgan fingerprint density at radius 1 is 1.42 bits per heavy atom. The highest BCUT2D eigenvalue weighted by Crippen LogP contribution is 2.17. The van der Waals surface area contributed by atoms with E-state index >= 15 is 0 Å². The van der Waals surface area contributed by atoms with Gasteiger partial charge >= 0.3 is 0 Å². The maximum absolute atomic E-state index is 11.9. The van der Waals surface area contributed by atoms with E-state index in [9.17, 15) is 15.0 Å². The summed E-state index contributed by atoms with van der Waals surface area (Å²) < 4.78 is 0. The first-order chi connectivity index (χ1) is 9.08. The summed E-state index contributed by atoms with van der Waals surface area (Å²) in [7, 11) is 0. The third-order valence-corrected chi connectivity index (χ3v) is 3.54. The van der Waals surface area contributed by atoms with Crippen molar-refractivity contribution in [1.29, 1.82) is 0 Å². The summed E-state index contributed by atoms with van der Waals surface area (Å²) in [4.78, 5) is 11.9. The van der Waals surface area contributed by atoms with Crippen LogP contribution in [0.15, 0.2) is 35.0 Å². The van der Waals surface area contributed by atoms with E-state index in [1.54, 1.807) is 13.0 Å². The van der Waals surface area contributed by atoms with Crippen molar-refractivity contribution in [2.45, 2.75) is 13.0 Å². The van der Waals surface area contributed by atoms with Crippen LogP contribution in [0.3, 0.4) is 0 Å². The Morgan fingerprint density at radius 3 is 2.84 bits per heavy atom. The van der Waals surface area contributed by atoms with Gasteiger partial charge in [-0.15, -0.1) is 0 Å². The number of carbonyl (C=O) groups excluding carboxylic acids is 1. The Morgan fingerprint density at radius 2 is 2.21 bits per heavy atom. The average molecular weight is 277 g/mol. The minimum Gasteiger partial charge on any atom is -0.508 e. The molecule has 1 unspecified atom stereocenters. The SMILES string of the molecule is Cc1cc(O)ccc1C(=O)NCC(O)c1ccsc1. The second-order valence-corrected chi connectivity index (χ2v) is 5.06. The molecule has 0 saturated carbocycles. The Labute approximate surface area is 115 Å². The molecule has 100 valence electrons. The van der Waals surface area contributed by atoms with Crippen molar-refractivity contribution in [1.82, 2.24) is 5.32 Å². The third kappa shape index (κ3) is 3.33. The summed E-state index contributed by atoms with van der Waals surface area (Å²) in [5.74, 6) is -0.126. The molecule has 0 bridgehead atoms. The smallest absolute Gasteiger partial charge is 0.251 e. The zero-order valence-corrected chi connectivity index (χ0v) is 11.3. The van der Waals surface area contributed by atoms with E-state index in [-0.39, 0.29) is 18.2 Å². The number of phenols is 1. The maximum atomic E-state index is 11.9. The second kappa shape index (κ2) is 5.86. The number of hydrogen-bond donors (Lipinski definition) is 3. The van der Waals surface area contributed by atoms with E-state index in [0.29, 0.717) is 11.1 Å². The fraction of sp³-hybridized carbons (Fsp3) is 0.214. The van der Waals surface area contributed by atoms with Gasteiger partial charge in [0.2, 0.25) is 0 Å². The number of rotatable bonds is 4. The number of aliphatic hydroxyl groups is 1. The van der Waals surface area contributed by atoms with Gasteiger partial charge < -0.3 is 15.5 Å². The molecule has 1 aromatic carbocycles. The van der Waals surface area contributed by atoms with E-state index in [2.05, 4.69) is 5.32 Å². The summed E-state index contributed by atoms with van der Waals surface area (Å²) in [5, 5.41) is 25.6. The van der Waals surface area contributed by atoms with Crippen LogP contribution < -0.4 is 5.32 Å². The lowest BCUT2D eigenvalue weighted by atomic mass is 10.1. The maximum Gasteiger partial charge on any atom is 0.251 e. The third-order valence-electron chi connectivity index (χ3n) is 2.84. The predicted octanol–water partition coefficient (Wildman–Crippen LogP) is 2.23. The number of phenolic OH excluding ortho intramolecular Hbond substituents is 1. The monoisotopic (exact) mass is 277 g/mol. The summed E-state index contributed by atoms with van der Waals surface area (Å²) >= 11 is 1.50. The highest BCUT2D eigenvalue weighted by atomic mass is 32.1. The lowest BCUT2D eigenvalue weighted by Crippen LogP contribution is -2.28. The number of carbonyl (C=O) groups is 1. The van der Waals surface area contributed by atoms with Crippen molar-refractivity contribution in [3.05, 3.63) is 51.7 Å². The standard InChI is InChI=1S/C14H15NO3S/c1-9-6-11(16)2-3-12(9)14(18)15-7-13(17)10-4-5-19-8-10/h2-6,8,13,16-17H,7H2,1H3,(H,15,18).